The van der Waals surface area contributed by atoms with Gasteiger partial charge in [0.05, 0.1) is 34.5 Å². The molecule has 7 heteroatoms. The first kappa shape index (κ1) is 39.6. The average Bonchev–Trinajstić information content (AvgIpc) is 3.74. The van der Waals surface area contributed by atoms with Crippen LogP contribution in [0, 0.1) is 28.6 Å². The van der Waals surface area contributed by atoms with Crippen LogP contribution in [-0.2, 0) is 21.4 Å². The normalized spacial score (nSPS) is 36.6. The SMILES string of the molecule is C=C(C)[C@H]1C(=O)c2c3c(cc4c5c(n1c24)[C@@]1(C)C(CC[C@H]2[C@](C)(/C=C/C=C(\CCC)C(=O)NC(C)(C)C)[C@@H](O)CC[C@@]21C)C5)C1=CC(C)(C)OC(C)(C)C1[C@@H]3O. The van der Waals surface area contributed by atoms with E-state index in [1.165, 1.54) is 11.3 Å². The van der Waals surface area contributed by atoms with E-state index in [0.717, 1.165) is 70.9 Å². The fraction of sp³-hybridized carbons (Fsp3) is 0.633. The van der Waals surface area contributed by atoms with Crippen LogP contribution in [0.15, 0.2) is 48.1 Å². The van der Waals surface area contributed by atoms with E-state index in [1.807, 2.05) is 39.8 Å². The highest BCUT2D eigenvalue weighted by molar-refractivity contribution is 6.18. The van der Waals surface area contributed by atoms with Crippen LogP contribution in [0.4, 0.5) is 0 Å². The predicted molar refractivity (Wildman–Crippen MR) is 225 cm³/mol. The van der Waals surface area contributed by atoms with Gasteiger partial charge in [-0.3, -0.25) is 9.59 Å². The first-order chi connectivity index (χ1) is 25.9. The van der Waals surface area contributed by atoms with Gasteiger partial charge in [-0.15, -0.1) is 0 Å². The predicted octanol–water partition coefficient (Wildman–Crippen LogP) is 9.79. The van der Waals surface area contributed by atoms with E-state index >= 15 is 0 Å². The summed E-state index contributed by atoms with van der Waals surface area (Å²) in [5.74, 6) is 0.285. The number of carbonyl (C=O) groups excluding carboxylic acids is 2. The minimum absolute atomic E-state index is 0.0370. The number of hydrogen-bond donors (Lipinski definition) is 3. The summed E-state index contributed by atoms with van der Waals surface area (Å²) in [4.78, 5) is 28.2. The summed E-state index contributed by atoms with van der Waals surface area (Å²) in [5.41, 5.74) is 6.22. The summed E-state index contributed by atoms with van der Waals surface area (Å²) in [6, 6.07) is 1.78. The third-order valence-corrected chi connectivity index (χ3v) is 15.7. The summed E-state index contributed by atoms with van der Waals surface area (Å²) in [7, 11) is 0. The molecule has 4 aliphatic carbocycles. The standard InChI is InChI=1S/C49H66N2O5/c1-14-16-27(43(55)50-44(4,5)6)17-15-21-47(11)33-19-18-28-23-31-30-24-29-32-25-45(7,8)56-46(9,10)37(32)40(53)35(29)36-39(30)51(38(26(2)3)41(36)54)42(31)49(28,13)48(33,12)22-20-34(47)52/h15,17,21,24-25,28,33-34,37-38,40,52-53H,2,14,16,18-20,22-23H2,1,3-13H3,(H,50,55)/b21-15+,27-17+/t28?,33-,34-,37?,38-,40+,47-,48-,49+/m0/s1. The number of amides is 1. The number of ether oxygens (including phenoxy) is 1. The zero-order valence-corrected chi connectivity index (χ0v) is 36.1. The van der Waals surface area contributed by atoms with Crippen LogP contribution in [-0.4, -0.2) is 49.3 Å². The van der Waals surface area contributed by atoms with Crippen LogP contribution in [0.5, 0.6) is 0 Å². The zero-order chi connectivity index (χ0) is 40.9. The van der Waals surface area contributed by atoms with Gasteiger partial charge in [0.15, 0.2) is 5.78 Å². The van der Waals surface area contributed by atoms with Crippen molar-refractivity contribution in [1.29, 1.82) is 0 Å². The highest BCUT2D eigenvalue weighted by Gasteiger charge is 2.68. The molecule has 1 aromatic carbocycles. The van der Waals surface area contributed by atoms with Crippen LogP contribution in [0.2, 0.25) is 0 Å². The largest absolute Gasteiger partial charge is 0.392 e. The molecule has 0 radical (unpaired) electrons. The number of benzene rings is 1. The minimum Gasteiger partial charge on any atom is -0.392 e. The molecular formula is C49H66N2O5. The maximum Gasteiger partial charge on any atom is 0.247 e. The van der Waals surface area contributed by atoms with Crippen molar-refractivity contribution in [2.75, 3.05) is 0 Å². The Labute approximate surface area is 334 Å². The smallest absolute Gasteiger partial charge is 0.247 e. The number of fused-ring (bicyclic) bond motifs is 11. The van der Waals surface area contributed by atoms with E-state index in [4.69, 9.17) is 4.74 Å². The first-order valence-corrected chi connectivity index (χ1v) is 21.4. The van der Waals surface area contributed by atoms with E-state index in [9.17, 15) is 19.8 Å². The summed E-state index contributed by atoms with van der Waals surface area (Å²) >= 11 is 0. The van der Waals surface area contributed by atoms with Crippen LogP contribution >= 0.6 is 0 Å². The van der Waals surface area contributed by atoms with Crippen LogP contribution < -0.4 is 5.32 Å². The van der Waals surface area contributed by atoms with Gasteiger partial charge in [-0.1, -0.05) is 64.5 Å². The zero-order valence-electron chi connectivity index (χ0n) is 36.1. The molecule has 1 amide bonds. The molecule has 0 spiro atoms. The van der Waals surface area contributed by atoms with Gasteiger partial charge in [0, 0.05) is 44.5 Å². The molecule has 302 valence electrons. The van der Waals surface area contributed by atoms with Crippen LogP contribution in [0.1, 0.15) is 166 Å². The molecule has 7 nitrogen and oxygen atoms in total. The fourth-order valence-corrected chi connectivity index (χ4v) is 13.4. The number of nitrogens with one attached hydrogen (secondary N) is 1. The number of nitrogens with zero attached hydrogens (tertiary/aromatic N) is 1. The first-order valence-electron chi connectivity index (χ1n) is 21.4. The molecule has 56 heavy (non-hydrogen) atoms. The molecule has 2 aliphatic heterocycles. The molecular weight excluding hydrogens is 697 g/mol. The summed E-state index contributed by atoms with van der Waals surface area (Å²) < 4.78 is 8.93. The number of ketones is 1. The van der Waals surface area contributed by atoms with E-state index < -0.39 is 34.9 Å². The minimum atomic E-state index is -0.855. The second-order valence-corrected chi connectivity index (χ2v) is 21.3. The van der Waals surface area contributed by atoms with E-state index in [1.54, 1.807) is 0 Å². The van der Waals surface area contributed by atoms with Gasteiger partial charge in [0.1, 0.15) is 6.04 Å². The van der Waals surface area contributed by atoms with Gasteiger partial charge in [-0.05, 0) is 140 Å². The number of rotatable bonds is 6. The quantitative estimate of drug-likeness (QED) is 0.155. The third kappa shape index (κ3) is 5.24. The Morgan fingerprint density at radius 3 is 2.43 bits per heavy atom. The van der Waals surface area contributed by atoms with Crippen LogP contribution in [0.3, 0.4) is 0 Å². The number of aromatic nitrogens is 1. The lowest BCUT2D eigenvalue weighted by molar-refractivity contribution is -0.144. The molecule has 3 N–H and O–H groups in total. The Morgan fingerprint density at radius 1 is 1.09 bits per heavy atom. The molecule has 6 aliphatic rings. The molecule has 2 aromatic rings. The van der Waals surface area contributed by atoms with Crippen molar-refractivity contribution in [3.05, 3.63) is 76.0 Å². The van der Waals surface area contributed by atoms with Gasteiger partial charge >= 0.3 is 0 Å². The van der Waals surface area contributed by atoms with Gasteiger partial charge in [-0.25, -0.2) is 0 Å². The van der Waals surface area contributed by atoms with Crippen molar-refractivity contribution >= 4 is 28.2 Å². The second kappa shape index (κ2) is 12.4. The van der Waals surface area contributed by atoms with E-state index in [2.05, 4.69) is 90.1 Å². The lowest BCUT2D eigenvalue weighted by atomic mass is 9.40. The topological polar surface area (TPSA) is 101 Å². The number of aliphatic hydroxyl groups excluding tert-OH is 2. The lowest BCUT2D eigenvalue weighted by Crippen LogP contribution is -2.62. The molecule has 9 atom stereocenters. The van der Waals surface area contributed by atoms with Crippen molar-refractivity contribution in [1.82, 2.24) is 9.88 Å². The maximum absolute atomic E-state index is 15.0. The number of aliphatic hydroxyl groups is 2. The Balaban J connectivity index is 1.28. The highest BCUT2D eigenvalue weighted by Crippen LogP contribution is 2.71. The summed E-state index contributed by atoms with van der Waals surface area (Å²) in [6.45, 7) is 30.0. The van der Waals surface area contributed by atoms with Crippen molar-refractivity contribution in [3.8, 4) is 0 Å². The second-order valence-electron chi connectivity index (χ2n) is 21.3. The summed E-state index contributed by atoms with van der Waals surface area (Å²) in [5, 5.41) is 28.5. The Morgan fingerprint density at radius 2 is 1.79 bits per heavy atom. The fourth-order valence-electron chi connectivity index (χ4n) is 13.4. The molecule has 2 fully saturated rings. The Kier molecular flexibility index (Phi) is 8.74. The van der Waals surface area contributed by atoms with Crippen molar-refractivity contribution < 1.29 is 24.5 Å². The Bertz CT molecular complexity index is 2170. The van der Waals surface area contributed by atoms with Crippen molar-refractivity contribution in [2.24, 2.45) is 28.6 Å². The maximum atomic E-state index is 15.0. The lowest BCUT2D eigenvalue weighted by Gasteiger charge is -2.64. The monoisotopic (exact) mass is 762 g/mol. The van der Waals surface area contributed by atoms with Gasteiger partial charge in [-0.2, -0.15) is 0 Å². The van der Waals surface area contributed by atoms with Gasteiger partial charge in [0.25, 0.3) is 0 Å². The number of hydrogen-bond acceptors (Lipinski definition) is 5. The molecule has 0 saturated heterocycles. The van der Waals surface area contributed by atoms with Crippen molar-refractivity contribution in [2.45, 2.75) is 168 Å². The van der Waals surface area contributed by atoms with E-state index in [-0.39, 0.29) is 39.9 Å². The molecule has 2 unspecified atom stereocenters. The Hall–Kier alpha value is -3.26. The third-order valence-electron chi connectivity index (χ3n) is 15.7. The summed E-state index contributed by atoms with van der Waals surface area (Å²) in [6.07, 6.45) is 13.1. The molecule has 0 bridgehead atoms. The van der Waals surface area contributed by atoms with Crippen molar-refractivity contribution in [3.63, 3.8) is 0 Å². The molecule has 1 aromatic heterocycles. The molecule has 3 heterocycles. The van der Waals surface area contributed by atoms with Crippen LogP contribution in [0.25, 0.3) is 16.5 Å². The van der Waals surface area contributed by atoms with E-state index in [0.29, 0.717) is 24.3 Å². The molecule has 8 rings (SSSR count). The average molecular weight is 763 g/mol. The van der Waals surface area contributed by atoms with Gasteiger partial charge in [0.2, 0.25) is 5.91 Å². The van der Waals surface area contributed by atoms with Gasteiger partial charge < -0.3 is 24.8 Å². The highest BCUT2D eigenvalue weighted by atomic mass is 16.5. The number of carbonyl (C=O) groups is 2. The number of allylic oxidation sites excluding steroid dienone is 3. The number of Topliss-reactive ketones (excluding diaryl/α,β-unsaturated/α-hetero) is 1. The molecule has 2 saturated carbocycles.